The van der Waals surface area contributed by atoms with E-state index in [0.717, 1.165) is 57.8 Å². The second kappa shape index (κ2) is 12.6. The molecule has 6 heteroatoms. The lowest BCUT2D eigenvalue weighted by atomic mass is 9.94. The van der Waals surface area contributed by atoms with Gasteiger partial charge in [0.15, 0.2) is 0 Å². The van der Waals surface area contributed by atoms with Gasteiger partial charge in [-0.3, -0.25) is 19.4 Å². The number of piperazine rings is 1. The number of rotatable bonds is 7. The molecular formula is C33H40N4O2. The van der Waals surface area contributed by atoms with Crippen molar-refractivity contribution in [2.45, 2.75) is 32.7 Å². The van der Waals surface area contributed by atoms with Crippen LogP contribution in [0.3, 0.4) is 0 Å². The molecule has 0 spiro atoms. The molecule has 0 atom stereocenters. The topological polar surface area (TPSA) is 55.9 Å². The van der Waals surface area contributed by atoms with Gasteiger partial charge >= 0.3 is 0 Å². The number of nitrogens with one attached hydrogen (secondary N) is 1. The van der Waals surface area contributed by atoms with E-state index in [4.69, 9.17) is 0 Å². The number of anilines is 1. The fraction of sp³-hybridized carbons (Fsp3) is 0.394. The summed E-state index contributed by atoms with van der Waals surface area (Å²) < 4.78 is 0. The van der Waals surface area contributed by atoms with E-state index in [9.17, 15) is 9.59 Å². The van der Waals surface area contributed by atoms with Gasteiger partial charge in [-0.25, -0.2) is 0 Å². The molecule has 0 bridgehead atoms. The fourth-order valence-electron chi connectivity index (χ4n) is 5.90. The average Bonchev–Trinajstić information content (AvgIpc) is 2.97. The highest BCUT2D eigenvalue weighted by atomic mass is 16.2. The normalized spacial score (nSPS) is 17.4. The zero-order valence-electron chi connectivity index (χ0n) is 23.2. The van der Waals surface area contributed by atoms with Gasteiger partial charge in [-0.1, -0.05) is 66.7 Å². The highest BCUT2D eigenvalue weighted by Gasteiger charge is 2.33. The maximum Gasteiger partial charge on any atom is 0.238 e. The van der Waals surface area contributed by atoms with E-state index < -0.39 is 0 Å². The van der Waals surface area contributed by atoms with Gasteiger partial charge in [-0.05, 0) is 74.2 Å². The third kappa shape index (κ3) is 6.75. The number of piperidine rings is 1. The van der Waals surface area contributed by atoms with Crippen LogP contribution in [0.15, 0.2) is 78.9 Å². The third-order valence-electron chi connectivity index (χ3n) is 8.32. The van der Waals surface area contributed by atoms with Crippen LogP contribution in [0.5, 0.6) is 0 Å². The predicted molar refractivity (Wildman–Crippen MR) is 157 cm³/mol. The molecule has 2 amide bonds. The summed E-state index contributed by atoms with van der Waals surface area (Å²) in [5.41, 5.74) is 5.81. The largest absolute Gasteiger partial charge is 0.340 e. The van der Waals surface area contributed by atoms with Crippen molar-refractivity contribution in [3.8, 4) is 0 Å². The Bertz CT molecular complexity index is 1210. The molecule has 2 fully saturated rings. The van der Waals surface area contributed by atoms with Crippen LogP contribution in [0.2, 0.25) is 0 Å². The van der Waals surface area contributed by atoms with Crippen molar-refractivity contribution in [1.82, 2.24) is 14.7 Å². The summed E-state index contributed by atoms with van der Waals surface area (Å²) in [5.74, 6) is 0.338. The van der Waals surface area contributed by atoms with E-state index >= 15 is 0 Å². The molecule has 0 aliphatic carbocycles. The lowest BCUT2D eigenvalue weighted by Gasteiger charge is -2.41. The molecule has 2 saturated heterocycles. The molecule has 39 heavy (non-hydrogen) atoms. The van der Waals surface area contributed by atoms with Gasteiger partial charge in [-0.2, -0.15) is 0 Å². The maximum absolute atomic E-state index is 13.4. The van der Waals surface area contributed by atoms with Gasteiger partial charge in [0.2, 0.25) is 11.8 Å². The van der Waals surface area contributed by atoms with Gasteiger partial charge < -0.3 is 10.2 Å². The summed E-state index contributed by atoms with van der Waals surface area (Å²) in [6.45, 7) is 9.28. The van der Waals surface area contributed by atoms with Gasteiger partial charge in [0, 0.05) is 37.8 Å². The molecule has 0 radical (unpaired) electrons. The van der Waals surface area contributed by atoms with Crippen LogP contribution in [0.1, 0.15) is 41.1 Å². The van der Waals surface area contributed by atoms with Crippen molar-refractivity contribution in [2.75, 3.05) is 51.1 Å². The number of hydrogen-bond acceptors (Lipinski definition) is 4. The zero-order valence-corrected chi connectivity index (χ0v) is 23.2. The highest BCUT2D eigenvalue weighted by Crippen LogP contribution is 2.30. The Kier molecular flexibility index (Phi) is 8.74. The number of aryl methyl sites for hydroxylation is 2. The number of carbonyl (C=O) groups excluding carboxylic acids is 2. The summed E-state index contributed by atoms with van der Waals surface area (Å²) in [5, 5.41) is 3.02. The van der Waals surface area contributed by atoms with Gasteiger partial charge in [0.05, 0.1) is 12.6 Å². The Morgan fingerprint density at radius 1 is 0.769 bits per heavy atom. The van der Waals surface area contributed by atoms with E-state index in [-0.39, 0.29) is 23.8 Å². The van der Waals surface area contributed by atoms with Crippen LogP contribution >= 0.6 is 0 Å². The smallest absolute Gasteiger partial charge is 0.238 e. The third-order valence-corrected chi connectivity index (χ3v) is 8.32. The van der Waals surface area contributed by atoms with Crippen molar-refractivity contribution in [1.29, 1.82) is 0 Å². The Hall–Kier alpha value is -3.48. The Morgan fingerprint density at radius 3 is 1.92 bits per heavy atom. The van der Waals surface area contributed by atoms with Gasteiger partial charge in [0.1, 0.15) is 0 Å². The summed E-state index contributed by atoms with van der Waals surface area (Å²) in [6.07, 6.45) is 1.62. The van der Waals surface area contributed by atoms with E-state index in [0.29, 0.717) is 6.54 Å². The lowest BCUT2D eigenvalue weighted by molar-refractivity contribution is -0.139. The molecule has 5 rings (SSSR count). The molecule has 0 unspecified atom stereocenters. The van der Waals surface area contributed by atoms with E-state index in [1.807, 2.05) is 18.2 Å². The zero-order chi connectivity index (χ0) is 27.2. The van der Waals surface area contributed by atoms with Crippen molar-refractivity contribution in [2.24, 2.45) is 5.92 Å². The minimum absolute atomic E-state index is 0.00513. The molecule has 0 aromatic heterocycles. The minimum Gasteiger partial charge on any atom is -0.340 e. The standard InChI is InChI=1S/C33H40N4O2/c1-25-13-14-30(23-26(25)2)34-31(38)24-35-17-15-29(16-18-35)33(39)37-21-19-36(20-22-37)32(27-9-5-3-6-10-27)28-11-7-4-8-12-28/h3-14,23,29,32H,15-22,24H2,1-2H3,(H,34,38). The molecule has 2 aliphatic heterocycles. The summed E-state index contributed by atoms with van der Waals surface area (Å²) >= 11 is 0. The first-order valence-corrected chi connectivity index (χ1v) is 14.2. The van der Waals surface area contributed by atoms with Gasteiger partial charge in [0.25, 0.3) is 0 Å². The predicted octanol–water partition coefficient (Wildman–Crippen LogP) is 4.89. The molecule has 3 aromatic carbocycles. The molecule has 2 heterocycles. The van der Waals surface area contributed by atoms with E-state index in [2.05, 4.69) is 94.5 Å². The first-order chi connectivity index (χ1) is 19.0. The number of nitrogens with zero attached hydrogens (tertiary/aromatic N) is 3. The first-order valence-electron chi connectivity index (χ1n) is 14.2. The van der Waals surface area contributed by atoms with Crippen LogP contribution in [-0.2, 0) is 9.59 Å². The minimum atomic E-state index is 0.00513. The molecule has 0 saturated carbocycles. The van der Waals surface area contributed by atoms with Crippen molar-refractivity contribution >= 4 is 17.5 Å². The van der Waals surface area contributed by atoms with Crippen molar-refractivity contribution < 1.29 is 9.59 Å². The Morgan fingerprint density at radius 2 is 1.36 bits per heavy atom. The van der Waals surface area contributed by atoms with Gasteiger partial charge in [-0.15, -0.1) is 0 Å². The molecule has 2 aliphatic rings. The number of carbonyl (C=O) groups is 2. The molecular weight excluding hydrogens is 484 g/mol. The fourth-order valence-corrected chi connectivity index (χ4v) is 5.90. The van der Waals surface area contributed by atoms with Crippen molar-refractivity contribution in [3.63, 3.8) is 0 Å². The molecule has 204 valence electrons. The van der Waals surface area contributed by atoms with Crippen LogP contribution in [0.25, 0.3) is 0 Å². The van der Waals surface area contributed by atoms with E-state index in [1.165, 1.54) is 22.3 Å². The van der Waals surface area contributed by atoms with Crippen LogP contribution in [0, 0.1) is 19.8 Å². The summed E-state index contributed by atoms with van der Waals surface area (Å²) in [4.78, 5) is 32.7. The Labute approximate surface area is 232 Å². The second-order valence-corrected chi connectivity index (χ2v) is 11.0. The quantitative estimate of drug-likeness (QED) is 0.478. The highest BCUT2D eigenvalue weighted by molar-refractivity contribution is 5.92. The summed E-state index contributed by atoms with van der Waals surface area (Å²) in [6, 6.07) is 27.5. The monoisotopic (exact) mass is 524 g/mol. The van der Waals surface area contributed by atoms with Crippen LogP contribution in [0.4, 0.5) is 5.69 Å². The summed E-state index contributed by atoms with van der Waals surface area (Å²) in [7, 11) is 0. The number of benzene rings is 3. The molecule has 3 aromatic rings. The Balaban J connectivity index is 1.11. The van der Waals surface area contributed by atoms with E-state index in [1.54, 1.807) is 0 Å². The molecule has 1 N–H and O–H groups in total. The number of hydrogen-bond donors (Lipinski definition) is 1. The average molecular weight is 525 g/mol. The maximum atomic E-state index is 13.4. The number of amides is 2. The second-order valence-electron chi connectivity index (χ2n) is 11.0. The lowest BCUT2D eigenvalue weighted by Crippen LogP contribution is -2.52. The molecule has 6 nitrogen and oxygen atoms in total. The van der Waals surface area contributed by atoms with Crippen LogP contribution in [-0.4, -0.2) is 72.3 Å². The first kappa shape index (κ1) is 27.1. The van der Waals surface area contributed by atoms with Crippen LogP contribution < -0.4 is 5.32 Å². The SMILES string of the molecule is Cc1ccc(NC(=O)CN2CCC(C(=O)N3CCN(C(c4ccccc4)c4ccccc4)CC3)CC2)cc1C. The van der Waals surface area contributed by atoms with Crippen molar-refractivity contribution in [3.05, 3.63) is 101 Å². The number of likely N-dealkylation sites (tertiary alicyclic amines) is 1.